The van der Waals surface area contributed by atoms with Crippen LogP contribution in [0.1, 0.15) is 0 Å². The fraction of sp³-hybridized carbons (Fsp3) is 0. The van der Waals surface area contributed by atoms with Crippen LogP contribution in [0, 0.1) is 0 Å². The van der Waals surface area contributed by atoms with Gasteiger partial charge in [0.25, 0.3) is 0 Å². The molecule has 0 saturated carbocycles. The number of hydrogen-bond acceptors (Lipinski definition) is 0. The zero-order valence-corrected chi connectivity index (χ0v) is 70.0. The molecule has 0 radical (unpaired) electrons. The van der Waals surface area contributed by atoms with Crippen LogP contribution in [0.25, 0.3) is 221 Å². The van der Waals surface area contributed by atoms with Crippen molar-refractivity contribution in [3.63, 3.8) is 0 Å². The van der Waals surface area contributed by atoms with E-state index in [1.165, 1.54) is 221 Å². The van der Waals surface area contributed by atoms with E-state index in [-0.39, 0.29) is 0 Å². The Morgan fingerprint density at radius 2 is 0.320 bits per heavy atom. The molecular weight excluding hydrogens is 1550 g/mol. The SMILES string of the molecule is c1ccc(-c2ccc(-n3c4ccccc4c4cc(-c5ccc6c(c5)c5ccccc5n6-c5ccccc5)ccc43)cc2)cc1.c1ccc(-c2ccc(-n3c4ccccc4c4cc(-c5ccc6c(ccn6-c6ccccc6)c5)ccc43)cc2)cc1.c1ccc(-c2cccc(-n3c4ccccc4c4cc(-c5ccc6c(c5)c5ccccc5n6-c5ccccc5)ccc43)c2)cc1. The van der Waals surface area contributed by atoms with Crippen molar-refractivity contribution in [2.24, 2.45) is 0 Å². The first-order chi connectivity index (χ1) is 63.5. The normalized spacial score (nSPS) is 11.6. The predicted molar refractivity (Wildman–Crippen MR) is 540 cm³/mol. The van der Waals surface area contributed by atoms with Gasteiger partial charge in [-0.05, 0) is 249 Å². The molecule has 26 aromatic rings. The van der Waals surface area contributed by atoms with Crippen LogP contribution in [0.15, 0.2) is 498 Å². The molecule has 0 aliphatic carbocycles. The van der Waals surface area contributed by atoms with Crippen LogP contribution < -0.4 is 0 Å². The molecule has 0 fully saturated rings. The number of nitrogens with zero attached hydrogens (tertiary/aromatic N) is 6. The summed E-state index contributed by atoms with van der Waals surface area (Å²) in [6.07, 6.45) is 2.16. The van der Waals surface area contributed by atoms with Crippen LogP contribution in [-0.2, 0) is 0 Å². The first-order valence-corrected chi connectivity index (χ1v) is 43.9. The summed E-state index contributed by atoms with van der Waals surface area (Å²) in [5, 5.41) is 13.9. The van der Waals surface area contributed by atoms with Gasteiger partial charge in [-0.25, -0.2) is 0 Å². The molecule has 6 nitrogen and oxygen atoms in total. The van der Waals surface area contributed by atoms with Gasteiger partial charge < -0.3 is 27.4 Å². The fourth-order valence-corrected chi connectivity index (χ4v) is 19.8. The van der Waals surface area contributed by atoms with E-state index in [4.69, 9.17) is 0 Å². The molecule has 20 aromatic carbocycles. The van der Waals surface area contributed by atoms with Gasteiger partial charge in [0.05, 0.1) is 60.7 Å². The van der Waals surface area contributed by atoms with E-state index < -0.39 is 0 Å². The van der Waals surface area contributed by atoms with Gasteiger partial charge in [-0.15, -0.1) is 0 Å². The lowest BCUT2D eigenvalue weighted by atomic mass is 10.0. The third kappa shape index (κ3) is 13.1. The summed E-state index contributed by atoms with van der Waals surface area (Å²) >= 11 is 0. The summed E-state index contributed by atoms with van der Waals surface area (Å²) in [6, 6.07) is 177. The number of fused-ring (bicyclic) bond motifs is 16. The highest BCUT2D eigenvalue weighted by Gasteiger charge is 2.22. The molecule has 26 rings (SSSR count). The first kappa shape index (κ1) is 74.7. The highest BCUT2D eigenvalue weighted by atomic mass is 15.0. The topological polar surface area (TPSA) is 29.6 Å². The van der Waals surface area contributed by atoms with Crippen LogP contribution in [0.3, 0.4) is 0 Å². The maximum atomic E-state index is 2.40. The van der Waals surface area contributed by atoms with Gasteiger partial charge >= 0.3 is 0 Å². The van der Waals surface area contributed by atoms with E-state index in [2.05, 4.69) is 525 Å². The highest BCUT2D eigenvalue weighted by Crippen LogP contribution is 2.44. The Balaban J connectivity index is 0.000000107. The smallest absolute Gasteiger partial charge is 0.0541 e. The van der Waals surface area contributed by atoms with Gasteiger partial charge in [-0.1, -0.05) is 309 Å². The highest BCUT2D eigenvalue weighted by molar-refractivity contribution is 6.16. The average molecular weight is 1630 g/mol. The Hall–Kier alpha value is -17.1. The third-order valence-corrected chi connectivity index (χ3v) is 25.8. The lowest BCUT2D eigenvalue weighted by Crippen LogP contribution is -1.94. The minimum atomic E-state index is 1.17. The second-order valence-electron chi connectivity index (χ2n) is 33.1. The van der Waals surface area contributed by atoms with Crippen molar-refractivity contribution < 1.29 is 0 Å². The van der Waals surface area contributed by atoms with Crippen molar-refractivity contribution >= 4 is 120 Å². The lowest BCUT2D eigenvalue weighted by molar-refractivity contribution is 1.13. The van der Waals surface area contributed by atoms with Crippen LogP contribution in [0.5, 0.6) is 0 Å². The van der Waals surface area contributed by atoms with Gasteiger partial charge in [0.15, 0.2) is 0 Å². The molecule has 600 valence electrons. The third-order valence-electron chi connectivity index (χ3n) is 25.8. The molecular formula is C122H82N6. The van der Waals surface area contributed by atoms with E-state index in [0.29, 0.717) is 0 Å². The van der Waals surface area contributed by atoms with Crippen molar-refractivity contribution in [3.05, 3.63) is 498 Å². The second kappa shape index (κ2) is 31.7. The van der Waals surface area contributed by atoms with Crippen LogP contribution in [-0.4, -0.2) is 27.4 Å². The first-order valence-electron chi connectivity index (χ1n) is 43.9. The van der Waals surface area contributed by atoms with Crippen LogP contribution in [0.4, 0.5) is 0 Å². The zero-order valence-electron chi connectivity index (χ0n) is 70.0. The molecule has 0 N–H and O–H groups in total. The molecule has 6 heteroatoms. The van der Waals surface area contributed by atoms with E-state index >= 15 is 0 Å². The summed E-state index contributed by atoms with van der Waals surface area (Å²) in [5.74, 6) is 0. The van der Waals surface area contributed by atoms with Crippen molar-refractivity contribution in [2.45, 2.75) is 0 Å². The van der Waals surface area contributed by atoms with Crippen LogP contribution in [0.2, 0.25) is 0 Å². The zero-order chi connectivity index (χ0) is 84.5. The number of aromatic nitrogens is 6. The van der Waals surface area contributed by atoms with Gasteiger partial charge in [-0.3, -0.25) is 0 Å². The van der Waals surface area contributed by atoms with Gasteiger partial charge in [0.1, 0.15) is 0 Å². The number of benzene rings is 20. The molecule has 6 heterocycles. The molecule has 0 bridgehead atoms. The van der Waals surface area contributed by atoms with Crippen molar-refractivity contribution in [3.8, 4) is 101 Å². The molecule has 0 atom stereocenters. The Bertz CT molecular complexity index is 8690. The van der Waals surface area contributed by atoms with E-state index in [9.17, 15) is 0 Å². The summed E-state index contributed by atoms with van der Waals surface area (Å²) in [7, 11) is 0. The fourth-order valence-electron chi connectivity index (χ4n) is 19.8. The Morgan fingerprint density at radius 1 is 0.109 bits per heavy atom. The second-order valence-corrected chi connectivity index (χ2v) is 33.1. The monoisotopic (exact) mass is 1630 g/mol. The van der Waals surface area contributed by atoms with Gasteiger partial charge in [0.2, 0.25) is 0 Å². The summed E-state index contributed by atoms with van der Waals surface area (Å²) < 4.78 is 14.2. The number of hydrogen-bond donors (Lipinski definition) is 0. The van der Waals surface area contributed by atoms with Crippen molar-refractivity contribution in [1.82, 2.24) is 27.4 Å². The molecule has 0 spiro atoms. The summed E-state index contributed by atoms with van der Waals surface area (Å²) in [6.45, 7) is 0. The maximum Gasteiger partial charge on any atom is 0.0541 e. The molecule has 128 heavy (non-hydrogen) atoms. The molecule has 0 amide bonds. The van der Waals surface area contributed by atoms with Gasteiger partial charge in [-0.2, -0.15) is 0 Å². The maximum absolute atomic E-state index is 2.40. The standard InChI is InChI=1S/2C42H28N2.C38H26N2/c1-3-12-29(13-4-1)30-14-11-17-34(26-30)44-40-21-10-8-19-36(40)38-28-32(23-25-42(38)44)31-22-24-41-37(27-31)35-18-7-9-20-39(35)43(41)33-15-5-2-6-16-33;1-3-11-29(12-4-1)30-19-23-34(24-20-30)44-40-18-10-8-16-36(40)38-28-32(22-26-42(38)44)31-21-25-41-37(27-31)35-15-7-9-17-39(35)43(41)33-13-5-2-6-14-33;1-3-9-27(10-4-1)28-15-19-33(20-16-28)40-37-14-8-7-13-34(37)35-26-30(18-22-38(35)40)29-17-21-36-31(25-29)23-24-39(36)32-11-5-2-6-12-32/h2*1-28H;1-26H. The molecule has 0 aliphatic heterocycles. The number of rotatable bonds is 12. The number of para-hydroxylation sites is 8. The van der Waals surface area contributed by atoms with Crippen molar-refractivity contribution in [2.75, 3.05) is 0 Å². The van der Waals surface area contributed by atoms with Gasteiger partial charge in [0, 0.05) is 99.6 Å². The largest absolute Gasteiger partial charge is 0.317 e. The predicted octanol–water partition coefficient (Wildman–Crippen LogP) is 32.5. The summed E-state index contributed by atoms with van der Waals surface area (Å²) in [4.78, 5) is 0. The Labute approximate surface area is 740 Å². The molecule has 0 aliphatic rings. The van der Waals surface area contributed by atoms with Crippen LogP contribution >= 0.6 is 0 Å². The molecule has 0 unspecified atom stereocenters. The average Bonchev–Trinajstić information content (AvgIpc) is 1.59. The van der Waals surface area contributed by atoms with Crippen molar-refractivity contribution in [1.29, 1.82) is 0 Å². The Kier molecular flexibility index (Phi) is 18.5. The molecule has 0 saturated heterocycles. The minimum absolute atomic E-state index is 1.17. The molecule has 6 aromatic heterocycles. The van der Waals surface area contributed by atoms with E-state index in [1.54, 1.807) is 0 Å². The van der Waals surface area contributed by atoms with E-state index in [1.807, 2.05) is 0 Å². The summed E-state index contributed by atoms with van der Waals surface area (Å²) in [5.41, 5.74) is 35.1. The lowest BCUT2D eigenvalue weighted by Gasteiger charge is -2.11. The van der Waals surface area contributed by atoms with E-state index in [0.717, 1.165) is 0 Å². The minimum Gasteiger partial charge on any atom is -0.317 e. The quantitative estimate of drug-likeness (QED) is 0.117. The Morgan fingerprint density at radius 3 is 0.648 bits per heavy atom.